The first-order valence-corrected chi connectivity index (χ1v) is 9.47. The number of benzene rings is 1. The molecule has 27 heavy (non-hydrogen) atoms. The van der Waals surface area contributed by atoms with Gasteiger partial charge in [-0.2, -0.15) is 0 Å². The van der Waals surface area contributed by atoms with Crippen LogP contribution in [0.2, 0.25) is 0 Å². The molecule has 0 N–H and O–H groups in total. The molecule has 1 aromatic rings. The van der Waals surface area contributed by atoms with Gasteiger partial charge in [-0.25, -0.2) is 0 Å². The largest absolute Gasteiger partial charge is 0.377 e. The quantitative estimate of drug-likeness (QED) is 0.281. The van der Waals surface area contributed by atoms with Crippen LogP contribution in [0.15, 0.2) is 43.0 Å². The SMILES string of the molecule is C=CCC1(CC#CC(=O)CCCOCc2ccccc2)COC(C)(C)OC1. The van der Waals surface area contributed by atoms with Crippen molar-refractivity contribution >= 4 is 5.78 Å². The van der Waals surface area contributed by atoms with E-state index in [-0.39, 0.29) is 11.2 Å². The topological polar surface area (TPSA) is 44.8 Å². The summed E-state index contributed by atoms with van der Waals surface area (Å²) in [5.41, 5.74) is 0.916. The second-order valence-electron chi connectivity index (χ2n) is 7.51. The summed E-state index contributed by atoms with van der Waals surface area (Å²) in [6.45, 7) is 9.87. The number of ketones is 1. The van der Waals surface area contributed by atoms with Crippen LogP contribution < -0.4 is 0 Å². The number of Topliss-reactive ketones (excluding diaryl/α,β-unsaturated/α-hetero) is 1. The van der Waals surface area contributed by atoms with Crippen LogP contribution in [0.3, 0.4) is 0 Å². The van der Waals surface area contributed by atoms with Gasteiger partial charge in [0.25, 0.3) is 0 Å². The molecule has 0 spiro atoms. The van der Waals surface area contributed by atoms with Crippen LogP contribution in [0.1, 0.15) is 45.1 Å². The van der Waals surface area contributed by atoms with E-state index in [4.69, 9.17) is 14.2 Å². The highest BCUT2D eigenvalue weighted by Gasteiger charge is 2.38. The molecule has 1 aliphatic heterocycles. The van der Waals surface area contributed by atoms with Gasteiger partial charge in [-0.05, 0) is 38.2 Å². The molecule has 1 heterocycles. The highest BCUT2D eigenvalue weighted by Crippen LogP contribution is 2.35. The van der Waals surface area contributed by atoms with E-state index in [1.807, 2.05) is 50.3 Å². The summed E-state index contributed by atoms with van der Waals surface area (Å²) >= 11 is 0. The van der Waals surface area contributed by atoms with Crippen molar-refractivity contribution in [2.24, 2.45) is 5.41 Å². The van der Waals surface area contributed by atoms with Gasteiger partial charge in [0.2, 0.25) is 5.78 Å². The molecular formula is C23H30O4. The molecule has 146 valence electrons. The fourth-order valence-electron chi connectivity index (χ4n) is 2.83. The monoisotopic (exact) mass is 370 g/mol. The Morgan fingerprint density at radius 3 is 2.63 bits per heavy atom. The summed E-state index contributed by atoms with van der Waals surface area (Å²) in [6, 6.07) is 10.00. The predicted octanol–water partition coefficient (Wildman–Crippen LogP) is 4.29. The molecule has 1 aromatic carbocycles. The Labute approximate surface area is 162 Å². The Morgan fingerprint density at radius 2 is 1.96 bits per heavy atom. The second-order valence-corrected chi connectivity index (χ2v) is 7.51. The number of carbonyl (C=O) groups is 1. The molecule has 1 aliphatic rings. The number of hydrogen-bond donors (Lipinski definition) is 0. The minimum Gasteiger partial charge on any atom is -0.377 e. The van der Waals surface area contributed by atoms with Crippen molar-refractivity contribution in [1.29, 1.82) is 0 Å². The zero-order chi connectivity index (χ0) is 19.6. The van der Waals surface area contributed by atoms with Gasteiger partial charge >= 0.3 is 0 Å². The second kappa shape index (κ2) is 10.4. The van der Waals surface area contributed by atoms with Gasteiger partial charge in [-0.15, -0.1) is 6.58 Å². The third kappa shape index (κ3) is 7.68. The Balaban J connectivity index is 1.69. The van der Waals surface area contributed by atoms with E-state index in [9.17, 15) is 4.79 Å². The van der Waals surface area contributed by atoms with Gasteiger partial charge in [-0.1, -0.05) is 42.3 Å². The molecule has 0 amide bonds. The maximum Gasteiger partial charge on any atom is 0.205 e. The standard InChI is InChI=1S/C23H30O4/c1-4-14-23(18-26-22(2,3)27-19-23)15-8-12-21(24)13-9-16-25-17-20-10-6-5-7-11-20/h4-7,10-11H,1,9,13-19H2,2-3H3. The number of rotatable bonds is 9. The van der Waals surface area contributed by atoms with Gasteiger partial charge in [-0.3, -0.25) is 4.79 Å². The molecule has 0 radical (unpaired) electrons. The summed E-state index contributed by atoms with van der Waals surface area (Å²) in [6.07, 6.45) is 4.26. The Hall–Kier alpha value is -1.93. The Bertz CT molecular complexity index is 657. The minimum absolute atomic E-state index is 0.0509. The van der Waals surface area contributed by atoms with Crippen molar-refractivity contribution in [3.63, 3.8) is 0 Å². The lowest BCUT2D eigenvalue weighted by atomic mass is 9.82. The average molecular weight is 370 g/mol. The fraction of sp³-hybridized carbons (Fsp3) is 0.522. The Kier molecular flexibility index (Phi) is 8.24. The molecule has 0 aliphatic carbocycles. The van der Waals surface area contributed by atoms with Crippen molar-refractivity contribution in [3.05, 3.63) is 48.6 Å². The lowest BCUT2D eigenvalue weighted by Crippen LogP contribution is -2.46. The zero-order valence-corrected chi connectivity index (χ0v) is 16.5. The van der Waals surface area contributed by atoms with E-state index in [0.29, 0.717) is 45.7 Å². The van der Waals surface area contributed by atoms with E-state index in [1.165, 1.54) is 0 Å². The minimum atomic E-state index is -0.562. The van der Waals surface area contributed by atoms with Gasteiger partial charge in [0, 0.05) is 24.9 Å². The number of hydrogen-bond acceptors (Lipinski definition) is 4. The molecule has 4 nitrogen and oxygen atoms in total. The van der Waals surface area contributed by atoms with Gasteiger partial charge < -0.3 is 14.2 Å². The summed E-state index contributed by atoms with van der Waals surface area (Å²) < 4.78 is 17.2. The molecule has 1 saturated heterocycles. The smallest absolute Gasteiger partial charge is 0.205 e. The summed E-state index contributed by atoms with van der Waals surface area (Å²) in [5, 5.41) is 0. The summed E-state index contributed by atoms with van der Waals surface area (Å²) in [5.74, 6) is 5.17. The lowest BCUT2D eigenvalue weighted by molar-refractivity contribution is -0.284. The van der Waals surface area contributed by atoms with Gasteiger partial charge in [0.05, 0.1) is 19.8 Å². The average Bonchev–Trinajstić information content (AvgIpc) is 2.65. The summed E-state index contributed by atoms with van der Waals surface area (Å²) in [4.78, 5) is 12.0. The van der Waals surface area contributed by atoms with Crippen molar-refractivity contribution in [2.75, 3.05) is 19.8 Å². The van der Waals surface area contributed by atoms with E-state index < -0.39 is 5.79 Å². The zero-order valence-electron chi connectivity index (χ0n) is 16.5. The molecule has 0 saturated carbocycles. The van der Waals surface area contributed by atoms with Crippen LogP contribution in [0, 0.1) is 17.3 Å². The van der Waals surface area contributed by atoms with Crippen molar-refractivity contribution in [2.45, 2.75) is 51.9 Å². The third-order valence-corrected chi connectivity index (χ3v) is 4.52. The number of ether oxygens (including phenoxy) is 3. The molecule has 2 rings (SSSR count). The van der Waals surface area contributed by atoms with E-state index in [0.717, 1.165) is 12.0 Å². The molecule has 1 fully saturated rings. The lowest BCUT2D eigenvalue weighted by Gasteiger charge is -2.42. The molecule has 4 heteroatoms. The van der Waals surface area contributed by atoms with Gasteiger partial charge in [0.15, 0.2) is 5.79 Å². The third-order valence-electron chi connectivity index (χ3n) is 4.52. The number of carbonyl (C=O) groups excluding carboxylic acids is 1. The summed E-state index contributed by atoms with van der Waals surface area (Å²) in [7, 11) is 0. The molecule has 0 atom stereocenters. The molecule has 0 unspecified atom stereocenters. The first-order valence-electron chi connectivity index (χ1n) is 9.47. The maximum absolute atomic E-state index is 12.0. The van der Waals surface area contributed by atoms with Gasteiger partial charge in [0.1, 0.15) is 0 Å². The van der Waals surface area contributed by atoms with E-state index in [2.05, 4.69) is 18.4 Å². The van der Waals surface area contributed by atoms with Crippen molar-refractivity contribution in [3.8, 4) is 11.8 Å². The van der Waals surface area contributed by atoms with E-state index >= 15 is 0 Å². The van der Waals surface area contributed by atoms with Crippen LogP contribution in [0.4, 0.5) is 0 Å². The highest BCUT2D eigenvalue weighted by atomic mass is 16.7. The Morgan fingerprint density at radius 1 is 1.26 bits per heavy atom. The van der Waals surface area contributed by atoms with Crippen molar-refractivity contribution < 1.29 is 19.0 Å². The first-order chi connectivity index (χ1) is 12.9. The van der Waals surface area contributed by atoms with Crippen molar-refractivity contribution in [1.82, 2.24) is 0 Å². The van der Waals surface area contributed by atoms with Crippen LogP contribution in [-0.2, 0) is 25.6 Å². The first kappa shape index (κ1) is 21.4. The predicted molar refractivity (Wildman–Crippen MR) is 106 cm³/mol. The molecule has 0 bridgehead atoms. The van der Waals surface area contributed by atoms with Crippen LogP contribution >= 0.6 is 0 Å². The normalized spacial score (nSPS) is 17.6. The highest BCUT2D eigenvalue weighted by molar-refractivity contribution is 5.95. The molecular weight excluding hydrogens is 340 g/mol. The maximum atomic E-state index is 12.0. The van der Waals surface area contributed by atoms with E-state index in [1.54, 1.807) is 0 Å². The van der Waals surface area contributed by atoms with Crippen LogP contribution in [0.5, 0.6) is 0 Å². The number of allylic oxidation sites excluding steroid dienone is 1. The van der Waals surface area contributed by atoms with Crippen LogP contribution in [-0.4, -0.2) is 31.4 Å². The fourth-order valence-corrected chi connectivity index (χ4v) is 2.83. The van der Waals surface area contributed by atoms with Crippen LogP contribution in [0.25, 0.3) is 0 Å². The molecule has 0 aromatic heterocycles.